The van der Waals surface area contributed by atoms with Crippen LogP contribution in [0.3, 0.4) is 0 Å². The van der Waals surface area contributed by atoms with Gasteiger partial charge in [0.15, 0.2) is 0 Å². The van der Waals surface area contributed by atoms with E-state index in [1.54, 1.807) is 7.11 Å². The lowest BCUT2D eigenvalue weighted by atomic mass is 9.97. The molecule has 2 aromatic rings. The first-order valence-corrected chi connectivity index (χ1v) is 6.43. The van der Waals surface area contributed by atoms with Crippen LogP contribution in [-0.4, -0.2) is 24.4 Å². The second kappa shape index (κ2) is 5.45. The molecule has 0 aliphatic rings. The number of H-pyrrole nitrogens is 1. The van der Waals surface area contributed by atoms with Crippen molar-refractivity contribution in [3.63, 3.8) is 0 Å². The van der Waals surface area contributed by atoms with Crippen molar-refractivity contribution >= 4 is 0 Å². The lowest BCUT2D eigenvalue weighted by molar-refractivity contribution is 0.411. The second-order valence-electron chi connectivity index (χ2n) is 4.77. The molecule has 0 spiro atoms. The van der Waals surface area contributed by atoms with E-state index >= 15 is 0 Å². The summed E-state index contributed by atoms with van der Waals surface area (Å²) in [6, 6.07) is 4.08. The molecule has 0 saturated carbocycles. The van der Waals surface area contributed by atoms with E-state index in [4.69, 9.17) is 4.74 Å². The number of ether oxygens (including phenoxy) is 1. The Bertz CT molecular complexity index is 587. The minimum Gasteiger partial charge on any atom is -0.496 e. The summed E-state index contributed by atoms with van der Waals surface area (Å²) in [5, 5.41) is 10.7. The molecule has 0 radical (unpaired) electrons. The molecule has 2 rings (SSSR count). The van der Waals surface area contributed by atoms with Crippen molar-refractivity contribution in [2.45, 2.75) is 27.3 Å². The van der Waals surface area contributed by atoms with Crippen molar-refractivity contribution in [1.82, 2.24) is 15.5 Å². The highest BCUT2D eigenvalue weighted by molar-refractivity contribution is 5.70. The van der Waals surface area contributed by atoms with Gasteiger partial charge in [0.2, 0.25) is 0 Å². The van der Waals surface area contributed by atoms with E-state index in [1.165, 1.54) is 11.1 Å². The summed E-state index contributed by atoms with van der Waals surface area (Å²) < 4.78 is 5.35. The minimum atomic E-state index is 0.799. The number of methoxy groups -OCH3 is 1. The van der Waals surface area contributed by atoms with Gasteiger partial charge in [-0.25, -0.2) is 0 Å². The van der Waals surface area contributed by atoms with Crippen LogP contribution in [0, 0.1) is 20.8 Å². The number of rotatable bonds is 4. The van der Waals surface area contributed by atoms with Gasteiger partial charge >= 0.3 is 0 Å². The van der Waals surface area contributed by atoms with E-state index in [9.17, 15) is 0 Å². The third-order valence-electron chi connectivity index (χ3n) is 3.68. The predicted molar refractivity (Wildman–Crippen MR) is 77.6 cm³/mol. The lowest BCUT2D eigenvalue weighted by Crippen LogP contribution is -2.06. The standard InChI is InChI=1S/C15H21N3O/c1-9-10(2)14(19-5)7-6-12(9)15-11(3)13(8-16-4)17-18-15/h6-7,16H,8H2,1-5H3,(H,17,18). The van der Waals surface area contributed by atoms with Crippen molar-refractivity contribution in [3.05, 3.63) is 34.5 Å². The van der Waals surface area contributed by atoms with E-state index in [0.717, 1.165) is 34.8 Å². The topological polar surface area (TPSA) is 49.9 Å². The minimum absolute atomic E-state index is 0.799. The molecule has 0 atom stereocenters. The van der Waals surface area contributed by atoms with Crippen molar-refractivity contribution in [2.75, 3.05) is 14.2 Å². The molecule has 19 heavy (non-hydrogen) atoms. The highest BCUT2D eigenvalue weighted by Gasteiger charge is 2.14. The zero-order valence-electron chi connectivity index (χ0n) is 12.2. The number of benzene rings is 1. The fourth-order valence-corrected chi connectivity index (χ4v) is 2.32. The number of aromatic amines is 1. The highest BCUT2D eigenvalue weighted by atomic mass is 16.5. The first-order chi connectivity index (χ1) is 9.10. The normalized spacial score (nSPS) is 10.8. The average molecular weight is 259 g/mol. The number of hydrogen-bond donors (Lipinski definition) is 2. The molecule has 2 N–H and O–H groups in total. The Labute approximate surface area is 114 Å². The molecule has 1 aromatic heterocycles. The Balaban J connectivity index is 2.51. The molecule has 0 bridgehead atoms. The van der Waals surface area contributed by atoms with E-state index in [2.05, 4.69) is 42.4 Å². The summed E-state index contributed by atoms with van der Waals surface area (Å²) >= 11 is 0. The summed E-state index contributed by atoms with van der Waals surface area (Å²) in [6.07, 6.45) is 0. The SMILES string of the molecule is CNCc1[nH]nc(-c2ccc(OC)c(C)c2C)c1C. The van der Waals surface area contributed by atoms with Gasteiger partial charge in [0.1, 0.15) is 5.75 Å². The quantitative estimate of drug-likeness (QED) is 0.887. The maximum atomic E-state index is 5.35. The van der Waals surface area contributed by atoms with Gasteiger partial charge in [-0.05, 0) is 56.6 Å². The van der Waals surface area contributed by atoms with Crippen molar-refractivity contribution in [1.29, 1.82) is 0 Å². The largest absolute Gasteiger partial charge is 0.496 e. The highest BCUT2D eigenvalue weighted by Crippen LogP contribution is 2.32. The third-order valence-corrected chi connectivity index (χ3v) is 3.68. The summed E-state index contributed by atoms with van der Waals surface area (Å²) in [6.45, 7) is 7.09. The first kappa shape index (κ1) is 13.6. The van der Waals surface area contributed by atoms with Crippen LogP contribution in [0.2, 0.25) is 0 Å². The molecule has 0 fully saturated rings. The van der Waals surface area contributed by atoms with Crippen molar-refractivity contribution < 1.29 is 4.74 Å². The Morgan fingerprint density at radius 3 is 2.53 bits per heavy atom. The Morgan fingerprint density at radius 1 is 1.16 bits per heavy atom. The lowest BCUT2D eigenvalue weighted by Gasteiger charge is -2.11. The molecule has 0 aliphatic heterocycles. The summed E-state index contributed by atoms with van der Waals surface area (Å²) in [5.41, 5.74) is 6.89. The third kappa shape index (κ3) is 2.36. The van der Waals surface area contributed by atoms with E-state index in [0.29, 0.717) is 0 Å². The average Bonchev–Trinajstić information content (AvgIpc) is 2.75. The van der Waals surface area contributed by atoms with Gasteiger partial charge in [-0.2, -0.15) is 5.10 Å². The van der Waals surface area contributed by atoms with Crippen LogP contribution in [0.15, 0.2) is 12.1 Å². The molecule has 0 saturated heterocycles. The Hall–Kier alpha value is -1.81. The van der Waals surface area contributed by atoms with Crippen LogP contribution in [0.1, 0.15) is 22.4 Å². The van der Waals surface area contributed by atoms with E-state index in [1.807, 2.05) is 13.1 Å². The van der Waals surface area contributed by atoms with Crippen LogP contribution in [0.5, 0.6) is 5.75 Å². The van der Waals surface area contributed by atoms with Crippen LogP contribution in [0.25, 0.3) is 11.3 Å². The van der Waals surface area contributed by atoms with Gasteiger partial charge in [-0.15, -0.1) is 0 Å². The number of aromatic nitrogens is 2. The Kier molecular flexibility index (Phi) is 3.90. The zero-order valence-corrected chi connectivity index (χ0v) is 12.2. The Morgan fingerprint density at radius 2 is 1.89 bits per heavy atom. The molecule has 0 unspecified atom stereocenters. The van der Waals surface area contributed by atoms with Gasteiger partial charge < -0.3 is 10.1 Å². The van der Waals surface area contributed by atoms with Crippen LogP contribution >= 0.6 is 0 Å². The molecular weight excluding hydrogens is 238 g/mol. The zero-order chi connectivity index (χ0) is 14.0. The number of hydrogen-bond acceptors (Lipinski definition) is 3. The van der Waals surface area contributed by atoms with Crippen molar-refractivity contribution in [2.24, 2.45) is 0 Å². The molecule has 4 nitrogen and oxygen atoms in total. The van der Waals surface area contributed by atoms with Gasteiger partial charge in [0, 0.05) is 12.1 Å². The maximum absolute atomic E-state index is 5.35. The molecule has 0 aliphatic carbocycles. The second-order valence-corrected chi connectivity index (χ2v) is 4.77. The van der Waals surface area contributed by atoms with Crippen molar-refractivity contribution in [3.8, 4) is 17.0 Å². The van der Waals surface area contributed by atoms with Crippen LogP contribution in [0.4, 0.5) is 0 Å². The molecule has 102 valence electrons. The molecule has 0 amide bonds. The number of nitrogens with zero attached hydrogens (tertiary/aromatic N) is 1. The maximum Gasteiger partial charge on any atom is 0.122 e. The molecule has 4 heteroatoms. The van der Waals surface area contributed by atoms with Crippen LogP contribution in [-0.2, 0) is 6.54 Å². The van der Waals surface area contributed by atoms with Gasteiger partial charge in [-0.3, -0.25) is 5.10 Å². The fourth-order valence-electron chi connectivity index (χ4n) is 2.32. The smallest absolute Gasteiger partial charge is 0.122 e. The van der Waals surface area contributed by atoms with Gasteiger partial charge in [0.05, 0.1) is 18.5 Å². The summed E-state index contributed by atoms with van der Waals surface area (Å²) in [4.78, 5) is 0. The number of nitrogens with one attached hydrogen (secondary N) is 2. The molecular formula is C15H21N3O. The fraction of sp³-hybridized carbons (Fsp3) is 0.400. The monoisotopic (exact) mass is 259 g/mol. The van der Waals surface area contributed by atoms with Gasteiger partial charge in [-0.1, -0.05) is 0 Å². The van der Waals surface area contributed by atoms with Gasteiger partial charge in [0.25, 0.3) is 0 Å². The molecule has 1 heterocycles. The molecule has 1 aromatic carbocycles. The van der Waals surface area contributed by atoms with E-state index < -0.39 is 0 Å². The van der Waals surface area contributed by atoms with Crippen LogP contribution < -0.4 is 10.1 Å². The first-order valence-electron chi connectivity index (χ1n) is 6.43. The summed E-state index contributed by atoms with van der Waals surface area (Å²) in [7, 11) is 3.63. The predicted octanol–water partition coefficient (Wildman–Crippen LogP) is 2.73. The van der Waals surface area contributed by atoms with E-state index in [-0.39, 0.29) is 0 Å². The summed E-state index contributed by atoms with van der Waals surface area (Å²) in [5.74, 6) is 0.921.